The van der Waals surface area contributed by atoms with Crippen LogP contribution < -0.4 is 5.32 Å². The molecule has 8 heteroatoms. The van der Waals surface area contributed by atoms with Gasteiger partial charge in [0, 0.05) is 13.1 Å². The fourth-order valence-corrected chi connectivity index (χ4v) is 4.38. The number of rotatable bonds is 3. The second-order valence-electron chi connectivity index (χ2n) is 6.85. The summed E-state index contributed by atoms with van der Waals surface area (Å²) < 4.78 is 28.7. The first-order valence-corrected chi connectivity index (χ1v) is 9.30. The number of sulfone groups is 1. The van der Waals surface area contributed by atoms with E-state index >= 15 is 0 Å². The molecule has 0 spiro atoms. The van der Waals surface area contributed by atoms with Gasteiger partial charge in [-0.05, 0) is 40.0 Å². The van der Waals surface area contributed by atoms with Gasteiger partial charge < -0.3 is 10.1 Å². The highest BCUT2D eigenvalue weighted by Gasteiger charge is 2.40. The molecule has 2 atom stereocenters. The Hall–Kier alpha value is -1.31. The third kappa shape index (κ3) is 3.91. The molecule has 0 aromatic rings. The van der Waals surface area contributed by atoms with Gasteiger partial charge in [-0.25, -0.2) is 13.2 Å². The largest absolute Gasteiger partial charge is 0.444 e. The van der Waals surface area contributed by atoms with Crippen LogP contribution in [-0.4, -0.2) is 61.1 Å². The summed E-state index contributed by atoms with van der Waals surface area (Å²) in [7, 11) is -3.07. The van der Waals surface area contributed by atoms with Crippen LogP contribution in [0.4, 0.5) is 4.79 Å². The molecule has 2 amide bonds. The van der Waals surface area contributed by atoms with Crippen molar-refractivity contribution in [3.05, 3.63) is 0 Å². The third-order valence-corrected chi connectivity index (χ3v) is 6.19. The van der Waals surface area contributed by atoms with E-state index in [1.165, 1.54) is 4.90 Å². The van der Waals surface area contributed by atoms with Crippen molar-refractivity contribution in [2.24, 2.45) is 0 Å². The quantitative estimate of drug-likeness (QED) is 0.821. The topological polar surface area (TPSA) is 92.8 Å². The van der Waals surface area contributed by atoms with Crippen molar-refractivity contribution in [2.45, 2.75) is 56.9 Å². The number of amides is 2. The van der Waals surface area contributed by atoms with Crippen molar-refractivity contribution in [3.63, 3.8) is 0 Å². The van der Waals surface area contributed by atoms with Crippen molar-refractivity contribution in [1.29, 1.82) is 0 Å². The standard InChI is InChI=1S/C14H24N2O5S/c1-14(2,3)21-13(18)16-7-6-11(16)12(17)15-9-10-5-4-8-22(10,19)20/h10-11H,4-9H2,1-3H3,(H,15,17)/t10?,11-/m1/s1. The lowest BCUT2D eigenvalue weighted by molar-refractivity contribution is -0.130. The van der Waals surface area contributed by atoms with E-state index in [0.29, 0.717) is 25.8 Å². The van der Waals surface area contributed by atoms with Crippen LogP contribution in [0.5, 0.6) is 0 Å². The summed E-state index contributed by atoms with van der Waals surface area (Å²) in [5.74, 6) is -0.111. The van der Waals surface area contributed by atoms with Gasteiger partial charge in [0.2, 0.25) is 5.91 Å². The van der Waals surface area contributed by atoms with Crippen LogP contribution in [0, 0.1) is 0 Å². The second kappa shape index (κ2) is 6.06. The average Bonchev–Trinajstić information content (AvgIpc) is 2.61. The molecule has 126 valence electrons. The molecule has 1 unspecified atom stereocenters. The van der Waals surface area contributed by atoms with Crippen molar-refractivity contribution in [2.75, 3.05) is 18.8 Å². The Balaban J connectivity index is 1.84. The van der Waals surface area contributed by atoms with E-state index in [1.54, 1.807) is 20.8 Å². The highest BCUT2D eigenvalue weighted by Crippen LogP contribution is 2.22. The van der Waals surface area contributed by atoms with E-state index in [0.717, 1.165) is 0 Å². The maximum atomic E-state index is 12.1. The highest BCUT2D eigenvalue weighted by molar-refractivity contribution is 7.92. The number of carbonyl (C=O) groups excluding carboxylic acids is 2. The van der Waals surface area contributed by atoms with Gasteiger partial charge in [0.1, 0.15) is 11.6 Å². The smallest absolute Gasteiger partial charge is 0.410 e. The van der Waals surface area contributed by atoms with E-state index in [4.69, 9.17) is 4.74 Å². The summed E-state index contributed by atoms with van der Waals surface area (Å²) in [4.78, 5) is 25.4. The number of hydrogen-bond acceptors (Lipinski definition) is 5. The van der Waals surface area contributed by atoms with Gasteiger partial charge in [-0.15, -0.1) is 0 Å². The maximum Gasteiger partial charge on any atom is 0.410 e. The van der Waals surface area contributed by atoms with Crippen molar-refractivity contribution in [1.82, 2.24) is 10.2 Å². The van der Waals surface area contributed by atoms with Crippen molar-refractivity contribution in [3.8, 4) is 0 Å². The van der Waals surface area contributed by atoms with Crippen molar-refractivity contribution >= 4 is 21.8 Å². The van der Waals surface area contributed by atoms with Crippen LogP contribution in [0.25, 0.3) is 0 Å². The molecule has 22 heavy (non-hydrogen) atoms. The first kappa shape index (κ1) is 17.1. The van der Waals surface area contributed by atoms with E-state index in [9.17, 15) is 18.0 Å². The highest BCUT2D eigenvalue weighted by atomic mass is 32.2. The summed E-state index contributed by atoms with van der Waals surface area (Å²) >= 11 is 0. The molecular weight excluding hydrogens is 308 g/mol. The predicted octanol–water partition coefficient (Wildman–Crippen LogP) is 0.689. The molecule has 7 nitrogen and oxygen atoms in total. The second-order valence-corrected chi connectivity index (χ2v) is 9.26. The number of carbonyl (C=O) groups is 2. The van der Waals surface area contributed by atoms with Crippen molar-refractivity contribution < 1.29 is 22.7 Å². The molecular formula is C14H24N2O5S. The van der Waals surface area contributed by atoms with E-state index in [-0.39, 0.29) is 18.2 Å². The third-order valence-electron chi connectivity index (χ3n) is 3.92. The van der Waals surface area contributed by atoms with Crippen LogP contribution in [0.3, 0.4) is 0 Å². The van der Waals surface area contributed by atoms with E-state index < -0.39 is 32.8 Å². The molecule has 2 heterocycles. The minimum absolute atomic E-state index is 0.125. The molecule has 1 N–H and O–H groups in total. The number of ether oxygens (including phenoxy) is 1. The maximum absolute atomic E-state index is 12.1. The van der Waals surface area contributed by atoms with Gasteiger partial charge in [0.15, 0.2) is 9.84 Å². The fourth-order valence-electron chi connectivity index (χ4n) is 2.62. The van der Waals surface area contributed by atoms with Gasteiger partial charge in [-0.3, -0.25) is 9.69 Å². The number of nitrogens with zero attached hydrogens (tertiary/aromatic N) is 1. The normalized spacial score (nSPS) is 27.1. The molecule has 0 saturated carbocycles. The Morgan fingerprint density at radius 1 is 1.27 bits per heavy atom. The summed E-state index contributed by atoms with van der Waals surface area (Å²) in [6.45, 7) is 5.91. The van der Waals surface area contributed by atoms with E-state index in [2.05, 4.69) is 5.32 Å². The number of nitrogens with one attached hydrogen (secondary N) is 1. The molecule has 0 aliphatic carbocycles. The molecule has 2 aliphatic rings. The lowest BCUT2D eigenvalue weighted by atomic mass is 10.0. The summed E-state index contributed by atoms with van der Waals surface area (Å²) in [5.41, 5.74) is -0.606. The average molecular weight is 332 g/mol. The van der Waals surface area contributed by atoms with Gasteiger partial charge >= 0.3 is 6.09 Å². The molecule has 2 rings (SSSR count). The van der Waals surface area contributed by atoms with E-state index in [1.807, 2.05) is 0 Å². The summed E-state index contributed by atoms with van der Waals surface area (Å²) in [6, 6.07) is -0.557. The van der Waals surface area contributed by atoms with Crippen LogP contribution >= 0.6 is 0 Å². The SMILES string of the molecule is CC(C)(C)OC(=O)N1CC[C@@H]1C(=O)NCC1CCCS1(=O)=O. The number of hydrogen-bond donors (Lipinski definition) is 1. The first-order chi connectivity index (χ1) is 10.1. The van der Waals surface area contributed by atoms with Crippen LogP contribution in [0.15, 0.2) is 0 Å². The molecule has 2 saturated heterocycles. The zero-order valence-electron chi connectivity index (χ0n) is 13.3. The van der Waals surface area contributed by atoms with Gasteiger partial charge in [0.25, 0.3) is 0 Å². The summed E-state index contributed by atoms with van der Waals surface area (Å²) in [6.07, 6.45) is 1.30. The Morgan fingerprint density at radius 3 is 2.41 bits per heavy atom. The Morgan fingerprint density at radius 2 is 1.95 bits per heavy atom. The van der Waals surface area contributed by atoms with Gasteiger partial charge in [0.05, 0.1) is 11.0 Å². The first-order valence-electron chi connectivity index (χ1n) is 7.59. The molecule has 0 radical (unpaired) electrons. The molecule has 0 aromatic heterocycles. The molecule has 2 fully saturated rings. The minimum atomic E-state index is -3.07. The Labute approximate surface area is 131 Å². The molecule has 0 bridgehead atoms. The monoisotopic (exact) mass is 332 g/mol. The zero-order chi connectivity index (χ0) is 16.5. The van der Waals surface area contributed by atoms with Crippen LogP contribution in [0.1, 0.15) is 40.0 Å². The lowest BCUT2D eigenvalue weighted by Crippen LogP contribution is -2.59. The lowest BCUT2D eigenvalue weighted by Gasteiger charge is -2.40. The summed E-state index contributed by atoms with van der Waals surface area (Å²) in [5, 5.41) is 2.17. The zero-order valence-corrected chi connectivity index (χ0v) is 14.1. The number of likely N-dealkylation sites (tertiary alicyclic amines) is 1. The minimum Gasteiger partial charge on any atom is -0.444 e. The molecule has 0 aromatic carbocycles. The van der Waals surface area contributed by atoms with Crippen LogP contribution in [0.2, 0.25) is 0 Å². The molecule has 2 aliphatic heterocycles. The van der Waals surface area contributed by atoms with Crippen LogP contribution in [-0.2, 0) is 19.4 Å². The fraction of sp³-hybridized carbons (Fsp3) is 0.857. The predicted molar refractivity (Wildman–Crippen MR) is 81.2 cm³/mol. The van der Waals surface area contributed by atoms with Gasteiger partial charge in [-0.1, -0.05) is 0 Å². The Kier molecular flexibility index (Phi) is 4.70. The Bertz CT molecular complexity index is 552. The van der Waals surface area contributed by atoms with Gasteiger partial charge in [-0.2, -0.15) is 0 Å².